The summed E-state index contributed by atoms with van der Waals surface area (Å²) in [5.41, 5.74) is 1.84. The fraction of sp³-hybridized carbons (Fsp3) is 0.211. The van der Waals surface area contributed by atoms with Gasteiger partial charge in [0.25, 0.3) is 5.22 Å². The van der Waals surface area contributed by atoms with Crippen molar-refractivity contribution < 1.29 is 13.9 Å². The Labute approximate surface area is 170 Å². The highest BCUT2D eigenvalue weighted by molar-refractivity contribution is 9.10. The van der Waals surface area contributed by atoms with Crippen LogP contribution in [-0.4, -0.2) is 40.9 Å². The molecule has 2 aromatic carbocycles. The Kier molecular flexibility index (Phi) is 6.52. The summed E-state index contributed by atoms with van der Waals surface area (Å²) in [7, 11) is 3.39. The molecule has 0 saturated heterocycles. The van der Waals surface area contributed by atoms with Crippen LogP contribution in [0.5, 0.6) is 5.75 Å². The molecule has 0 atom stereocenters. The van der Waals surface area contributed by atoms with E-state index in [9.17, 15) is 4.79 Å². The van der Waals surface area contributed by atoms with Crippen LogP contribution in [0.4, 0.5) is 0 Å². The Balaban J connectivity index is 1.54. The second-order valence-electron chi connectivity index (χ2n) is 5.77. The highest BCUT2D eigenvalue weighted by atomic mass is 79.9. The quantitative estimate of drug-likeness (QED) is 0.504. The number of ether oxygens (including phenoxy) is 1. The van der Waals surface area contributed by atoms with Gasteiger partial charge in [-0.3, -0.25) is 4.79 Å². The smallest absolute Gasteiger partial charge is 0.277 e. The minimum atomic E-state index is -0.0220. The van der Waals surface area contributed by atoms with Crippen molar-refractivity contribution >= 4 is 33.6 Å². The summed E-state index contributed by atoms with van der Waals surface area (Å²) in [6.45, 7) is 0.505. The number of halogens is 1. The van der Waals surface area contributed by atoms with Gasteiger partial charge < -0.3 is 14.1 Å². The molecule has 0 aliphatic carbocycles. The van der Waals surface area contributed by atoms with E-state index < -0.39 is 0 Å². The van der Waals surface area contributed by atoms with Gasteiger partial charge in [0.15, 0.2) is 0 Å². The molecule has 0 N–H and O–H groups in total. The van der Waals surface area contributed by atoms with E-state index in [0.717, 1.165) is 21.3 Å². The zero-order valence-electron chi connectivity index (χ0n) is 14.9. The Hall–Kier alpha value is -2.32. The average Bonchev–Trinajstić information content (AvgIpc) is 3.15. The van der Waals surface area contributed by atoms with Crippen LogP contribution in [0.3, 0.4) is 0 Å². The Morgan fingerprint density at radius 1 is 1.22 bits per heavy atom. The first kappa shape index (κ1) is 19.4. The molecular weight excluding hydrogens is 430 g/mol. The molecule has 0 aliphatic heterocycles. The molecule has 0 fully saturated rings. The van der Waals surface area contributed by atoms with Crippen LogP contribution in [0.25, 0.3) is 11.5 Å². The number of thioether (sulfide) groups is 1. The fourth-order valence-corrected chi connectivity index (χ4v) is 3.31. The van der Waals surface area contributed by atoms with Crippen molar-refractivity contribution in [2.45, 2.75) is 11.8 Å². The lowest BCUT2D eigenvalue weighted by atomic mass is 10.2. The molecule has 0 radical (unpaired) electrons. The molecule has 3 aromatic rings. The molecule has 0 aliphatic rings. The lowest BCUT2D eigenvalue weighted by molar-refractivity contribution is -0.127. The summed E-state index contributed by atoms with van der Waals surface area (Å²) in [5, 5.41) is 8.41. The minimum absolute atomic E-state index is 0.0220. The Morgan fingerprint density at radius 2 is 2.00 bits per heavy atom. The molecule has 0 bridgehead atoms. The van der Waals surface area contributed by atoms with E-state index in [1.54, 1.807) is 19.1 Å². The molecule has 140 valence electrons. The van der Waals surface area contributed by atoms with E-state index >= 15 is 0 Å². The number of rotatable bonds is 7. The summed E-state index contributed by atoms with van der Waals surface area (Å²) in [6, 6.07) is 15.2. The zero-order chi connectivity index (χ0) is 19.2. The van der Waals surface area contributed by atoms with Crippen molar-refractivity contribution in [3.05, 3.63) is 58.6 Å². The Bertz CT molecular complexity index is 915. The van der Waals surface area contributed by atoms with Gasteiger partial charge in [0.05, 0.1) is 12.9 Å². The van der Waals surface area contributed by atoms with Gasteiger partial charge in [-0.05, 0) is 42.0 Å². The maximum absolute atomic E-state index is 12.4. The summed E-state index contributed by atoms with van der Waals surface area (Å²) in [6.07, 6.45) is 0. The predicted octanol–water partition coefficient (Wildman–Crippen LogP) is 4.26. The van der Waals surface area contributed by atoms with Crippen LogP contribution < -0.4 is 4.74 Å². The number of hydrogen-bond donors (Lipinski definition) is 0. The monoisotopic (exact) mass is 447 g/mol. The molecule has 27 heavy (non-hydrogen) atoms. The SMILES string of the molecule is COc1cccc(CN(C)C(=O)CSc2nnc(-c3ccc(Br)cc3)o2)c1. The maximum Gasteiger partial charge on any atom is 0.277 e. The summed E-state index contributed by atoms with van der Waals surface area (Å²) in [4.78, 5) is 14.0. The number of methoxy groups -OCH3 is 1. The molecule has 1 amide bonds. The number of carbonyl (C=O) groups excluding carboxylic acids is 1. The van der Waals surface area contributed by atoms with E-state index in [2.05, 4.69) is 26.1 Å². The minimum Gasteiger partial charge on any atom is -0.497 e. The van der Waals surface area contributed by atoms with Gasteiger partial charge in [-0.25, -0.2) is 0 Å². The lowest BCUT2D eigenvalue weighted by Crippen LogP contribution is -2.27. The van der Waals surface area contributed by atoms with Crippen molar-refractivity contribution in [3.63, 3.8) is 0 Å². The fourth-order valence-electron chi connectivity index (χ4n) is 2.34. The standard InChI is InChI=1S/C19H18BrN3O3S/c1-23(11-13-4-3-5-16(10-13)25-2)17(24)12-27-19-22-21-18(26-19)14-6-8-15(20)9-7-14/h3-10H,11-12H2,1-2H3. The largest absolute Gasteiger partial charge is 0.497 e. The Morgan fingerprint density at radius 3 is 2.74 bits per heavy atom. The summed E-state index contributed by atoms with van der Waals surface area (Å²) in [5.74, 6) is 1.41. The molecule has 1 aromatic heterocycles. The van der Waals surface area contributed by atoms with Crippen molar-refractivity contribution in [3.8, 4) is 17.2 Å². The third-order valence-electron chi connectivity index (χ3n) is 3.80. The maximum atomic E-state index is 12.4. The lowest BCUT2D eigenvalue weighted by Gasteiger charge is -2.17. The first-order chi connectivity index (χ1) is 13.0. The highest BCUT2D eigenvalue weighted by Crippen LogP contribution is 2.24. The van der Waals surface area contributed by atoms with Crippen LogP contribution in [0, 0.1) is 0 Å². The molecule has 0 saturated carbocycles. The predicted molar refractivity (Wildman–Crippen MR) is 108 cm³/mol. The van der Waals surface area contributed by atoms with Gasteiger partial charge in [-0.15, -0.1) is 10.2 Å². The van der Waals surface area contributed by atoms with Crippen molar-refractivity contribution in [1.29, 1.82) is 0 Å². The van der Waals surface area contributed by atoms with E-state index in [1.165, 1.54) is 11.8 Å². The first-order valence-corrected chi connectivity index (χ1v) is 9.92. The van der Waals surface area contributed by atoms with Gasteiger partial charge in [0, 0.05) is 23.6 Å². The van der Waals surface area contributed by atoms with Crippen LogP contribution in [0.15, 0.2) is 62.6 Å². The van der Waals surface area contributed by atoms with E-state index in [-0.39, 0.29) is 11.7 Å². The van der Waals surface area contributed by atoms with Crippen molar-refractivity contribution in [1.82, 2.24) is 15.1 Å². The van der Waals surface area contributed by atoms with Crippen LogP contribution in [-0.2, 0) is 11.3 Å². The van der Waals surface area contributed by atoms with Gasteiger partial charge in [-0.1, -0.05) is 39.8 Å². The molecule has 6 nitrogen and oxygen atoms in total. The number of hydrogen-bond acceptors (Lipinski definition) is 6. The van der Waals surface area contributed by atoms with Crippen LogP contribution in [0.2, 0.25) is 0 Å². The highest BCUT2D eigenvalue weighted by Gasteiger charge is 2.14. The van der Waals surface area contributed by atoms with Crippen LogP contribution >= 0.6 is 27.7 Å². The third-order valence-corrected chi connectivity index (χ3v) is 5.13. The zero-order valence-corrected chi connectivity index (χ0v) is 17.3. The summed E-state index contributed by atoms with van der Waals surface area (Å²) < 4.78 is 11.8. The second kappa shape index (κ2) is 9.05. The molecule has 1 heterocycles. The van der Waals surface area contributed by atoms with Gasteiger partial charge in [0.2, 0.25) is 11.8 Å². The van der Waals surface area contributed by atoms with Gasteiger partial charge in [-0.2, -0.15) is 0 Å². The topological polar surface area (TPSA) is 68.5 Å². The van der Waals surface area contributed by atoms with Crippen molar-refractivity contribution in [2.75, 3.05) is 19.9 Å². The second-order valence-corrected chi connectivity index (χ2v) is 7.61. The number of benzene rings is 2. The third kappa shape index (κ3) is 5.33. The van der Waals surface area contributed by atoms with E-state index in [0.29, 0.717) is 17.7 Å². The number of aromatic nitrogens is 2. The van der Waals surface area contributed by atoms with Crippen LogP contribution in [0.1, 0.15) is 5.56 Å². The molecule has 3 rings (SSSR count). The number of carbonyl (C=O) groups is 1. The average molecular weight is 448 g/mol. The first-order valence-electron chi connectivity index (χ1n) is 8.14. The van der Waals surface area contributed by atoms with Gasteiger partial charge in [0.1, 0.15) is 5.75 Å². The molecular formula is C19H18BrN3O3S. The molecule has 0 spiro atoms. The van der Waals surface area contributed by atoms with Gasteiger partial charge >= 0.3 is 0 Å². The summed E-state index contributed by atoms with van der Waals surface area (Å²) >= 11 is 4.62. The number of nitrogens with zero attached hydrogens (tertiary/aromatic N) is 3. The van der Waals surface area contributed by atoms with E-state index in [1.807, 2.05) is 48.5 Å². The molecule has 0 unspecified atom stereocenters. The molecule has 8 heteroatoms. The van der Waals surface area contributed by atoms with E-state index in [4.69, 9.17) is 9.15 Å². The van der Waals surface area contributed by atoms with Crippen molar-refractivity contribution in [2.24, 2.45) is 0 Å². The normalized spacial score (nSPS) is 10.6. The number of amides is 1.